The SMILES string of the molecule is CCN(CC)CCN(CC)C1=C[C+]=C2Nc3ccc(N(CC)CCN(CC)CC)cc3SC2=C1.[Br-]. The van der Waals surface area contributed by atoms with Crippen molar-refractivity contribution in [2.75, 3.05) is 75.7 Å². The highest BCUT2D eigenvalue weighted by Crippen LogP contribution is 2.45. The molecule has 0 saturated heterocycles. The molecule has 5 nitrogen and oxygen atoms in total. The molecule has 0 atom stereocenters. The number of likely N-dealkylation sites (N-methyl/N-ethyl adjacent to an activating group) is 4. The van der Waals surface area contributed by atoms with Gasteiger partial charge in [0.2, 0.25) is 5.70 Å². The number of thioether (sulfide) groups is 1. The van der Waals surface area contributed by atoms with Crippen molar-refractivity contribution in [2.45, 2.75) is 46.4 Å². The van der Waals surface area contributed by atoms with E-state index in [1.54, 1.807) is 0 Å². The van der Waals surface area contributed by atoms with Crippen LogP contribution in [0.25, 0.3) is 0 Å². The zero-order valence-electron chi connectivity index (χ0n) is 22.5. The average Bonchev–Trinajstić information content (AvgIpc) is 2.87. The van der Waals surface area contributed by atoms with Crippen LogP contribution in [0.3, 0.4) is 0 Å². The lowest BCUT2D eigenvalue weighted by atomic mass is 10.1. The van der Waals surface area contributed by atoms with E-state index in [4.69, 9.17) is 0 Å². The van der Waals surface area contributed by atoms with Crippen LogP contribution in [-0.2, 0) is 0 Å². The van der Waals surface area contributed by atoms with Crippen LogP contribution >= 0.6 is 11.8 Å². The summed E-state index contributed by atoms with van der Waals surface area (Å²) in [4.78, 5) is 12.5. The fourth-order valence-corrected chi connectivity index (χ4v) is 5.56. The molecule has 0 bridgehead atoms. The van der Waals surface area contributed by atoms with E-state index >= 15 is 0 Å². The number of hydrogen-bond donors (Lipinski definition) is 1. The Morgan fingerprint density at radius 2 is 1.37 bits per heavy atom. The van der Waals surface area contributed by atoms with E-state index in [1.807, 2.05) is 11.8 Å². The van der Waals surface area contributed by atoms with E-state index < -0.39 is 0 Å². The number of hydrogen-bond acceptors (Lipinski definition) is 6. The van der Waals surface area contributed by atoms with Crippen molar-refractivity contribution in [3.05, 3.63) is 52.7 Å². The van der Waals surface area contributed by atoms with Gasteiger partial charge in [-0.1, -0.05) is 27.7 Å². The predicted molar refractivity (Wildman–Crippen MR) is 150 cm³/mol. The molecule has 1 aromatic rings. The zero-order chi connectivity index (χ0) is 24.5. The Labute approximate surface area is 229 Å². The second-order valence-electron chi connectivity index (χ2n) is 8.72. The largest absolute Gasteiger partial charge is 1.00 e. The van der Waals surface area contributed by atoms with Gasteiger partial charge < -0.3 is 41.9 Å². The molecule has 0 radical (unpaired) electrons. The van der Waals surface area contributed by atoms with Crippen LogP contribution in [0.5, 0.6) is 0 Å². The number of allylic oxidation sites excluding steroid dienone is 3. The standard InChI is InChI=1S/C28H44N5S.BrH/c1-7-30(8-2)17-19-32(11-5)23-13-15-25-27(21-23)34-28-22-24(14-16-26(28)29-25)33(12-6)20-18-31(9-3)10-4;/h13-15,21-22,29H,7-12,17-20H2,1-6H3;1H/q+1;/p-1. The van der Waals surface area contributed by atoms with Gasteiger partial charge in [0.25, 0.3) is 0 Å². The van der Waals surface area contributed by atoms with Crippen molar-refractivity contribution >= 4 is 23.1 Å². The third kappa shape index (κ3) is 7.74. The van der Waals surface area contributed by atoms with Gasteiger partial charge in [-0.15, -0.1) is 0 Å². The zero-order valence-corrected chi connectivity index (χ0v) is 24.9. The molecular weight excluding hydrogens is 518 g/mol. The van der Waals surface area contributed by atoms with Gasteiger partial charge in [-0.3, -0.25) is 0 Å². The minimum atomic E-state index is 0. The van der Waals surface area contributed by atoms with Crippen LogP contribution < -0.4 is 27.2 Å². The monoisotopic (exact) mass is 561 g/mol. The average molecular weight is 563 g/mol. The van der Waals surface area contributed by atoms with E-state index in [1.165, 1.54) is 26.9 Å². The van der Waals surface area contributed by atoms with Crippen LogP contribution in [0.2, 0.25) is 0 Å². The Morgan fingerprint density at radius 1 is 0.771 bits per heavy atom. The maximum atomic E-state index is 3.62. The van der Waals surface area contributed by atoms with Crippen molar-refractivity contribution in [1.29, 1.82) is 0 Å². The normalized spacial score (nSPS) is 14.1. The summed E-state index contributed by atoms with van der Waals surface area (Å²) in [7, 11) is 0. The van der Waals surface area contributed by atoms with Gasteiger partial charge >= 0.3 is 0 Å². The van der Waals surface area contributed by atoms with Crippen molar-refractivity contribution in [2.24, 2.45) is 0 Å². The van der Waals surface area contributed by atoms with Crippen LogP contribution in [-0.4, -0.2) is 80.1 Å². The molecule has 2 aliphatic rings. The number of anilines is 2. The Balaban J connectivity index is 0.00000432. The van der Waals surface area contributed by atoms with Crippen molar-refractivity contribution < 1.29 is 17.0 Å². The van der Waals surface area contributed by atoms with Crippen molar-refractivity contribution in [3.8, 4) is 0 Å². The van der Waals surface area contributed by atoms with Crippen LogP contribution in [0.4, 0.5) is 11.4 Å². The lowest BCUT2D eigenvalue weighted by Crippen LogP contribution is -3.00. The fourth-order valence-electron chi connectivity index (χ4n) is 4.52. The quantitative estimate of drug-likeness (QED) is 0.350. The van der Waals surface area contributed by atoms with Crippen molar-refractivity contribution in [1.82, 2.24) is 14.7 Å². The first-order chi connectivity index (χ1) is 16.6. The number of rotatable bonds is 14. The molecule has 1 N–H and O–H groups in total. The summed E-state index contributed by atoms with van der Waals surface area (Å²) >= 11 is 1.87. The molecule has 0 saturated carbocycles. The molecule has 35 heavy (non-hydrogen) atoms. The van der Waals surface area contributed by atoms with E-state index in [9.17, 15) is 0 Å². The van der Waals surface area contributed by atoms with Gasteiger partial charge in [-0.2, -0.15) is 0 Å². The molecular formula is C28H44BrN5S. The first kappa shape index (κ1) is 29.7. The number of halogens is 1. The van der Waals surface area contributed by atoms with Gasteiger partial charge in [0.05, 0.1) is 22.7 Å². The van der Waals surface area contributed by atoms with E-state index in [0.717, 1.165) is 71.1 Å². The van der Waals surface area contributed by atoms with E-state index in [-0.39, 0.29) is 17.0 Å². The maximum absolute atomic E-state index is 3.62. The first-order valence-electron chi connectivity index (χ1n) is 13.2. The third-order valence-electron chi connectivity index (χ3n) is 6.99. The van der Waals surface area contributed by atoms with Crippen LogP contribution in [0.1, 0.15) is 41.5 Å². The molecule has 1 aliphatic heterocycles. The van der Waals surface area contributed by atoms with E-state index in [2.05, 4.69) is 103 Å². The molecule has 7 heteroatoms. The Morgan fingerprint density at radius 3 is 1.94 bits per heavy atom. The van der Waals surface area contributed by atoms with Gasteiger partial charge in [0.1, 0.15) is 6.08 Å². The van der Waals surface area contributed by atoms with Gasteiger partial charge in [0, 0.05) is 45.0 Å². The summed E-state index contributed by atoms with van der Waals surface area (Å²) < 4.78 is 0. The fraction of sp³-hybridized carbons (Fsp3) is 0.571. The Kier molecular flexibility index (Phi) is 12.7. The summed E-state index contributed by atoms with van der Waals surface area (Å²) in [5, 5.41) is 3.62. The molecule has 3 rings (SSSR count). The molecule has 1 heterocycles. The maximum Gasteiger partial charge on any atom is 0.222 e. The topological polar surface area (TPSA) is 25.0 Å². The molecule has 0 fully saturated rings. The van der Waals surface area contributed by atoms with E-state index in [0.29, 0.717) is 0 Å². The number of benzene rings is 1. The minimum Gasteiger partial charge on any atom is -1.00 e. The molecule has 0 unspecified atom stereocenters. The highest BCUT2D eigenvalue weighted by atomic mass is 79.9. The first-order valence-corrected chi connectivity index (χ1v) is 14.0. The third-order valence-corrected chi connectivity index (χ3v) is 8.09. The second-order valence-corrected chi connectivity index (χ2v) is 9.80. The number of fused-ring (bicyclic) bond motifs is 2. The molecule has 1 aliphatic carbocycles. The van der Waals surface area contributed by atoms with Gasteiger partial charge in [-0.25, -0.2) is 0 Å². The molecule has 0 aromatic heterocycles. The number of nitrogens with one attached hydrogen (secondary N) is 1. The Hall–Kier alpha value is -1.50. The highest BCUT2D eigenvalue weighted by Gasteiger charge is 2.30. The summed E-state index contributed by atoms with van der Waals surface area (Å²) in [6.07, 6.45) is 8.00. The highest BCUT2D eigenvalue weighted by molar-refractivity contribution is 8.03. The molecule has 1 aromatic carbocycles. The van der Waals surface area contributed by atoms with Gasteiger partial charge in [-0.05, 0) is 70.0 Å². The lowest BCUT2D eigenvalue weighted by molar-refractivity contribution is -0.00000720. The minimum absolute atomic E-state index is 0. The Bertz CT molecular complexity index is 889. The summed E-state index contributed by atoms with van der Waals surface area (Å²) in [6, 6.07) is 6.83. The van der Waals surface area contributed by atoms with Crippen LogP contribution in [0.15, 0.2) is 51.5 Å². The molecule has 0 amide bonds. The second kappa shape index (κ2) is 14.9. The number of nitrogens with zero attached hydrogens (tertiary/aromatic N) is 4. The molecule has 0 spiro atoms. The lowest BCUT2D eigenvalue weighted by Gasteiger charge is -2.29. The molecule has 194 valence electrons. The summed E-state index contributed by atoms with van der Waals surface area (Å²) in [5.74, 6) is 0. The summed E-state index contributed by atoms with van der Waals surface area (Å²) in [6.45, 7) is 24.2. The summed E-state index contributed by atoms with van der Waals surface area (Å²) in [5.41, 5.74) is 4.83. The van der Waals surface area contributed by atoms with Crippen molar-refractivity contribution in [3.63, 3.8) is 0 Å². The predicted octanol–water partition coefficient (Wildman–Crippen LogP) is 2.51. The smallest absolute Gasteiger partial charge is 0.222 e. The van der Waals surface area contributed by atoms with Crippen LogP contribution in [0, 0.1) is 6.08 Å². The van der Waals surface area contributed by atoms with Gasteiger partial charge in [0.15, 0.2) is 10.6 Å².